The van der Waals surface area contributed by atoms with Gasteiger partial charge < -0.3 is 5.32 Å². The van der Waals surface area contributed by atoms with E-state index in [1.165, 1.54) is 11.3 Å². The number of hydrogen-bond acceptors (Lipinski definition) is 3. The smallest absolute Gasteiger partial charge is 0.0746 e. The molecule has 84 valence electrons. The molecule has 0 amide bonds. The van der Waals surface area contributed by atoms with Crippen molar-refractivity contribution in [2.75, 3.05) is 7.05 Å². The topological polar surface area (TPSA) is 42.7 Å². The minimum absolute atomic E-state index is 0.172. The summed E-state index contributed by atoms with van der Waals surface area (Å²) in [6, 6.07) is 6.26. The van der Waals surface area contributed by atoms with E-state index in [-0.39, 0.29) is 6.04 Å². The Morgan fingerprint density at radius 1 is 1.25 bits per heavy atom. The van der Waals surface area contributed by atoms with Crippen LogP contribution in [0.5, 0.6) is 0 Å². The highest BCUT2D eigenvalue weighted by Crippen LogP contribution is 2.20. The van der Waals surface area contributed by atoms with Crippen LogP contribution in [0.1, 0.15) is 24.2 Å². The van der Waals surface area contributed by atoms with Gasteiger partial charge in [-0.3, -0.25) is 9.67 Å². The monoisotopic (exact) mass is 216 g/mol. The summed E-state index contributed by atoms with van der Waals surface area (Å²) in [4.78, 5) is 4.04. The molecule has 0 bridgehead atoms. The zero-order valence-electron chi connectivity index (χ0n) is 9.59. The van der Waals surface area contributed by atoms with Crippen molar-refractivity contribution in [2.24, 2.45) is 0 Å². The van der Waals surface area contributed by atoms with E-state index in [0.717, 1.165) is 6.54 Å². The first-order valence-corrected chi connectivity index (χ1v) is 5.45. The molecule has 0 radical (unpaired) electrons. The van der Waals surface area contributed by atoms with Crippen molar-refractivity contribution in [3.63, 3.8) is 0 Å². The van der Waals surface area contributed by atoms with Crippen LogP contribution >= 0.6 is 0 Å². The van der Waals surface area contributed by atoms with Crippen LogP contribution < -0.4 is 5.32 Å². The first-order chi connectivity index (χ1) is 7.86. The minimum atomic E-state index is 0.172. The Morgan fingerprint density at radius 2 is 2.00 bits per heavy atom. The third kappa shape index (κ3) is 1.97. The molecule has 0 fully saturated rings. The highest BCUT2D eigenvalue weighted by atomic mass is 15.3. The van der Waals surface area contributed by atoms with Crippen LogP contribution in [0.2, 0.25) is 0 Å². The van der Waals surface area contributed by atoms with Gasteiger partial charge in [0.15, 0.2) is 0 Å². The fraction of sp³-hybridized carbons (Fsp3) is 0.333. The van der Waals surface area contributed by atoms with Gasteiger partial charge in [0, 0.05) is 25.1 Å². The maximum atomic E-state index is 4.29. The molecule has 1 atom stereocenters. The van der Waals surface area contributed by atoms with E-state index in [0.29, 0.717) is 0 Å². The number of aromatic nitrogens is 3. The van der Waals surface area contributed by atoms with Gasteiger partial charge >= 0.3 is 0 Å². The zero-order valence-corrected chi connectivity index (χ0v) is 9.59. The van der Waals surface area contributed by atoms with Crippen molar-refractivity contribution in [2.45, 2.75) is 19.5 Å². The van der Waals surface area contributed by atoms with Gasteiger partial charge in [0.05, 0.1) is 11.7 Å². The predicted octanol–water partition coefficient (Wildman–Crippen LogP) is 1.61. The van der Waals surface area contributed by atoms with Crippen molar-refractivity contribution < 1.29 is 0 Å². The first kappa shape index (κ1) is 10.8. The maximum Gasteiger partial charge on any atom is 0.0746 e. The Labute approximate surface area is 95.3 Å². The van der Waals surface area contributed by atoms with E-state index in [4.69, 9.17) is 0 Å². The second-order valence-corrected chi connectivity index (χ2v) is 3.57. The maximum absolute atomic E-state index is 4.29. The number of rotatable bonds is 4. The Morgan fingerprint density at radius 3 is 2.62 bits per heavy atom. The SMILES string of the molecule is CCn1nccc1C(NC)c1ccncc1. The van der Waals surface area contributed by atoms with Crippen LogP contribution in [0.15, 0.2) is 36.8 Å². The molecule has 0 saturated heterocycles. The van der Waals surface area contributed by atoms with Crippen LogP contribution in [-0.4, -0.2) is 21.8 Å². The molecule has 0 aliphatic carbocycles. The molecule has 16 heavy (non-hydrogen) atoms. The van der Waals surface area contributed by atoms with E-state index in [1.807, 2.05) is 48.5 Å². The lowest BCUT2D eigenvalue weighted by Crippen LogP contribution is -2.21. The number of aryl methyl sites for hydroxylation is 1. The van der Waals surface area contributed by atoms with Crippen molar-refractivity contribution in [3.05, 3.63) is 48.0 Å². The third-order valence-corrected chi connectivity index (χ3v) is 2.67. The van der Waals surface area contributed by atoms with Crippen LogP contribution in [-0.2, 0) is 6.54 Å². The molecule has 2 heterocycles. The van der Waals surface area contributed by atoms with Gasteiger partial charge in [0.1, 0.15) is 0 Å². The van der Waals surface area contributed by atoms with E-state index in [2.05, 4.69) is 22.3 Å². The summed E-state index contributed by atoms with van der Waals surface area (Å²) in [5, 5.41) is 7.60. The minimum Gasteiger partial charge on any atom is -0.308 e. The molecule has 4 nitrogen and oxygen atoms in total. The fourth-order valence-electron chi connectivity index (χ4n) is 1.89. The molecule has 0 saturated carbocycles. The molecule has 1 N–H and O–H groups in total. The molecule has 4 heteroatoms. The number of hydrogen-bond donors (Lipinski definition) is 1. The van der Waals surface area contributed by atoms with Crippen molar-refractivity contribution in [1.29, 1.82) is 0 Å². The highest BCUT2D eigenvalue weighted by Gasteiger charge is 2.15. The van der Waals surface area contributed by atoms with Crippen molar-refractivity contribution in [3.8, 4) is 0 Å². The average molecular weight is 216 g/mol. The van der Waals surface area contributed by atoms with Gasteiger partial charge in [0.25, 0.3) is 0 Å². The standard InChI is InChI=1S/C12H16N4/c1-3-16-11(6-9-15-16)12(13-2)10-4-7-14-8-5-10/h4-9,12-13H,3H2,1-2H3. The molecule has 2 aromatic rings. The number of pyridine rings is 1. The lowest BCUT2D eigenvalue weighted by atomic mass is 10.1. The quantitative estimate of drug-likeness (QED) is 0.844. The van der Waals surface area contributed by atoms with Crippen LogP contribution in [0.4, 0.5) is 0 Å². The Bertz CT molecular complexity index is 435. The predicted molar refractivity (Wildman–Crippen MR) is 63.0 cm³/mol. The Balaban J connectivity index is 2.37. The number of nitrogens with zero attached hydrogens (tertiary/aromatic N) is 3. The van der Waals surface area contributed by atoms with Gasteiger partial charge in [-0.25, -0.2) is 0 Å². The van der Waals surface area contributed by atoms with E-state index >= 15 is 0 Å². The summed E-state index contributed by atoms with van der Waals surface area (Å²) in [6.07, 6.45) is 5.46. The van der Waals surface area contributed by atoms with Gasteiger partial charge in [-0.15, -0.1) is 0 Å². The van der Waals surface area contributed by atoms with Crippen LogP contribution in [0, 0.1) is 0 Å². The summed E-state index contributed by atoms with van der Waals surface area (Å²) in [6.45, 7) is 2.97. The van der Waals surface area contributed by atoms with E-state index in [1.54, 1.807) is 0 Å². The summed E-state index contributed by atoms with van der Waals surface area (Å²) in [7, 11) is 1.96. The molecule has 0 aromatic carbocycles. The molecular formula is C12H16N4. The lowest BCUT2D eigenvalue weighted by Gasteiger charge is -2.17. The summed E-state index contributed by atoms with van der Waals surface area (Å²) in [5.74, 6) is 0. The molecule has 2 aromatic heterocycles. The largest absolute Gasteiger partial charge is 0.308 e. The molecule has 2 rings (SSSR count). The lowest BCUT2D eigenvalue weighted by molar-refractivity contribution is 0.563. The van der Waals surface area contributed by atoms with Crippen molar-refractivity contribution >= 4 is 0 Å². The summed E-state index contributed by atoms with van der Waals surface area (Å²) >= 11 is 0. The van der Waals surface area contributed by atoms with Gasteiger partial charge in [-0.2, -0.15) is 5.10 Å². The van der Waals surface area contributed by atoms with Crippen LogP contribution in [0.25, 0.3) is 0 Å². The second kappa shape index (κ2) is 4.90. The molecule has 0 aliphatic heterocycles. The Kier molecular flexibility index (Phi) is 3.31. The molecular weight excluding hydrogens is 200 g/mol. The van der Waals surface area contributed by atoms with E-state index < -0.39 is 0 Å². The average Bonchev–Trinajstić information content (AvgIpc) is 2.80. The normalized spacial score (nSPS) is 12.6. The van der Waals surface area contributed by atoms with Gasteiger partial charge in [0.2, 0.25) is 0 Å². The zero-order chi connectivity index (χ0) is 11.4. The molecule has 1 unspecified atom stereocenters. The highest BCUT2D eigenvalue weighted by molar-refractivity contribution is 5.25. The summed E-state index contributed by atoms with van der Waals surface area (Å²) in [5.41, 5.74) is 2.38. The summed E-state index contributed by atoms with van der Waals surface area (Å²) < 4.78 is 2.00. The van der Waals surface area contributed by atoms with Gasteiger partial charge in [-0.05, 0) is 37.7 Å². The first-order valence-electron chi connectivity index (χ1n) is 5.45. The Hall–Kier alpha value is -1.68. The number of nitrogens with one attached hydrogen (secondary N) is 1. The van der Waals surface area contributed by atoms with Crippen molar-refractivity contribution in [1.82, 2.24) is 20.1 Å². The molecule has 0 aliphatic rings. The van der Waals surface area contributed by atoms with E-state index in [9.17, 15) is 0 Å². The van der Waals surface area contributed by atoms with Crippen LogP contribution in [0.3, 0.4) is 0 Å². The van der Waals surface area contributed by atoms with Gasteiger partial charge in [-0.1, -0.05) is 0 Å². The molecule has 0 spiro atoms. The third-order valence-electron chi connectivity index (χ3n) is 2.67. The fourth-order valence-corrected chi connectivity index (χ4v) is 1.89. The second-order valence-electron chi connectivity index (χ2n) is 3.57.